The predicted octanol–water partition coefficient (Wildman–Crippen LogP) is 4.96. The third-order valence-corrected chi connectivity index (χ3v) is 4.45. The highest BCUT2D eigenvalue weighted by molar-refractivity contribution is 9.10. The van der Waals surface area contributed by atoms with Crippen LogP contribution in [0.5, 0.6) is 11.5 Å². The Balaban J connectivity index is 2.35. The van der Waals surface area contributed by atoms with Gasteiger partial charge in [-0.2, -0.15) is 5.26 Å². The standard InChI is InChI=1S/C21H21BrN2O3/c1-4-15-8-6-7-9-18(15)24-21(25)16(13-23)10-14-11-17(22)20(26-3)19(12-14)27-5-2/h6-12H,4-5H2,1-3H3,(H,24,25)/b16-10+. The van der Waals surface area contributed by atoms with Crippen molar-refractivity contribution in [2.24, 2.45) is 0 Å². The number of aryl methyl sites for hydroxylation is 1. The normalized spacial score (nSPS) is 10.9. The Morgan fingerprint density at radius 2 is 2.04 bits per heavy atom. The number of amides is 1. The topological polar surface area (TPSA) is 71.3 Å². The molecule has 0 unspecified atom stereocenters. The Morgan fingerprint density at radius 3 is 2.67 bits per heavy atom. The van der Waals surface area contributed by atoms with Crippen LogP contribution in [0.15, 0.2) is 46.4 Å². The molecule has 5 nitrogen and oxygen atoms in total. The van der Waals surface area contributed by atoms with Crippen molar-refractivity contribution in [3.8, 4) is 17.6 Å². The molecule has 2 aromatic rings. The lowest BCUT2D eigenvalue weighted by Gasteiger charge is -2.12. The Bertz CT molecular complexity index is 901. The molecule has 6 heteroatoms. The van der Waals surface area contributed by atoms with E-state index in [2.05, 4.69) is 21.2 Å². The maximum absolute atomic E-state index is 12.6. The van der Waals surface area contributed by atoms with Crippen LogP contribution in [0.2, 0.25) is 0 Å². The van der Waals surface area contributed by atoms with E-state index in [9.17, 15) is 10.1 Å². The van der Waals surface area contributed by atoms with Gasteiger partial charge in [0.05, 0.1) is 18.2 Å². The summed E-state index contributed by atoms with van der Waals surface area (Å²) in [7, 11) is 1.55. The van der Waals surface area contributed by atoms with Gasteiger partial charge in [0, 0.05) is 5.69 Å². The number of benzene rings is 2. The Hall–Kier alpha value is -2.78. The Morgan fingerprint density at radius 1 is 1.30 bits per heavy atom. The number of nitriles is 1. The molecule has 0 aliphatic carbocycles. The van der Waals surface area contributed by atoms with Crippen molar-refractivity contribution in [2.75, 3.05) is 19.0 Å². The molecule has 27 heavy (non-hydrogen) atoms. The number of nitrogens with one attached hydrogen (secondary N) is 1. The van der Waals surface area contributed by atoms with Crippen LogP contribution in [0.1, 0.15) is 25.0 Å². The average Bonchev–Trinajstić information content (AvgIpc) is 2.66. The number of carbonyl (C=O) groups excluding carboxylic acids is 1. The van der Waals surface area contributed by atoms with Crippen LogP contribution < -0.4 is 14.8 Å². The highest BCUT2D eigenvalue weighted by Crippen LogP contribution is 2.37. The molecule has 140 valence electrons. The summed E-state index contributed by atoms with van der Waals surface area (Å²) in [5, 5.41) is 12.3. The van der Waals surface area contributed by atoms with Gasteiger partial charge in [-0.05, 0) is 64.7 Å². The largest absolute Gasteiger partial charge is 0.492 e. The van der Waals surface area contributed by atoms with E-state index in [0.29, 0.717) is 33.8 Å². The molecule has 0 spiro atoms. The fourth-order valence-electron chi connectivity index (χ4n) is 2.59. The van der Waals surface area contributed by atoms with E-state index in [1.54, 1.807) is 19.2 Å². The summed E-state index contributed by atoms with van der Waals surface area (Å²) in [5.74, 6) is 0.645. The number of para-hydroxylation sites is 1. The van der Waals surface area contributed by atoms with Crippen molar-refractivity contribution in [1.29, 1.82) is 5.26 Å². The molecule has 0 aromatic heterocycles. The van der Waals surface area contributed by atoms with E-state index < -0.39 is 5.91 Å². The van der Waals surface area contributed by atoms with Crippen LogP contribution in [-0.4, -0.2) is 19.6 Å². The highest BCUT2D eigenvalue weighted by atomic mass is 79.9. The van der Waals surface area contributed by atoms with Crippen molar-refractivity contribution in [3.63, 3.8) is 0 Å². The molecule has 1 amide bonds. The molecule has 0 fully saturated rings. The van der Waals surface area contributed by atoms with Crippen LogP contribution in [0.3, 0.4) is 0 Å². The number of hydrogen-bond acceptors (Lipinski definition) is 4. The van der Waals surface area contributed by atoms with Gasteiger partial charge in [-0.3, -0.25) is 4.79 Å². The molecular formula is C21H21BrN2O3. The fourth-order valence-corrected chi connectivity index (χ4v) is 3.21. The molecule has 0 bridgehead atoms. The molecule has 0 heterocycles. The average molecular weight is 429 g/mol. The van der Waals surface area contributed by atoms with Crippen LogP contribution in [0, 0.1) is 11.3 Å². The zero-order valence-electron chi connectivity index (χ0n) is 15.5. The van der Waals surface area contributed by atoms with Gasteiger partial charge in [0.2, 0.25) is 0 Å². The van der Waals surface area contributed by atoms with Gasteiger partial charge in [-0.1, -0.05) is 25.1 Å². The lowest BCUT2D eigenvalue weighted by molar-refractivity contribution is -0.112. The first-order chi connectivity index (χ1) is 13.0. The fraction of sp³-hybridized carbons (Fsp3) is 0.238. The first-order valence-electron chi connectivity index (χ1n) is 8.55. The number of halogens is 1. The number of ether oxygens (including phenoxy) is 2. The Kier molecular flexibility index (Phi) is 7.44. The van der Waals surface area contributed by atoms with Gasteiger partial charge in [0.25, 0.3) is 5.91 Å². The monoisotopic (exact) mass is 428 g/mol. The molecule has 0 saturated carbocycles. The highest BCUT2D eigenvalue weighted by Gasteiger charge is 2.14. The first-order valence-corrected chi connectivity index (χ1v) is 9.34. The zero-order valence-corrected chi connectivity index (χ0v) is 17.1. The van der Waals surface area contributed by atoms with Crippen molar-refractivity contribution in [1.82, 2.24) is 0 Å². The van der Waals surface area contributed by atoms with Crippen LogP contribution >= 0.6 is 15.9 Å². The van der Waals surface area contributed by atoms with Crippen molar-refractivity contribution in [3.05, 3.63) is 57.6 Å². The number of carbonyl (C=O) groups is 1. The summed E-state index contributed by atoms with van der Waals surface area (Å²) >= 11 is 3.43. The minimum absolute atomic E-state index is 0.000390. The van der Waals surface area contributed by atoms with E-state index in [4.69, 9.17) is 9.47 Å². The zero-order chi connectivity index (χ0) is 19.8. The van der Waals surface area contributed by atoms with E-state index in [-0.39, 0.29) is 5.57 Å². The van der Waals surface area contributed by atoms with E-state index in [0.717, 1.165) is 12.0 Å². The molecule has 0 saturated heterocycles. The molecule has 0 atom stereocenters. The van der Waals surface area contributed by atoms with Crippen LogP contribution in [0.4, 0.5) is 5.69 Å². The quantitative estimate of drug-likeness (QED) is 0.499. The van der Waals surface area contributed by atoms with Crippen molar-refractivity contribution >= 4 is 33.6 Å². The number of methoxy groups -OCH3 is 1. The number of anilines is 1. The lowest BCUT2D eigenvalue weighted by atomic mass is 10.1. The minimum Gasteiger partial charge on any atom is -0.492 e. The Labute approximate surface area is 167 Å². The molecule has 2 aromatic carbocycles. The predicted molar refractivity (Wildman–Crippen MR) is 110 cm³/mol. The summed E-state index contributed by atoms with van der Waals surface area (Å²) < 4.78 is 11.6. The summed E-state index contributed by atoms with van der Waals surface area (Å²) in [6.07, 6.45) is 2.31. The number of hydrogen-bond donors (Lipinski definition) is 1. The second kappa shape index (κ2) is 9.79. The minimum atomic E-state index is -0.455. The summed E-state index contributed by atoms with van der Waals surface area (Å²) in [6.45, 7) is 4.35. The molecule has 0 aliphatic heterocycles. The van der Waals surface area contributed by atoms with Gasteiger partial charge in [-0.25, -0.2) is 0 Å². The molecule has 0 radical (unpaired) electrons. The number of nitrogens with zero attached hydrogens (tertiary/aromatic N) is 1. The van der Waals surface area contributed by atoms with Crippen molar-refractivity contribution in [2.45, 2.75) is 20.3 Å². The van der Waals surface area contributed by atoms with Gasteiger partial charge in [-0.15, -0.1) is 0 Å². The van der Waals surface area contributed by atoms with E-state index in [1.165, 1.54) is 6.08 Å². The molecule has 2 rings (SSSR count). The third-order valence-electron chi connectivity index (χ3n) is 3.86. The molecule has 1 N–H and O–H groups in total. The van der Waals surface area contributed by atoms with E-state index >= 15 is 0 Å². The lowest BCUT2D eigenvalue weighted by Crippen LogP contribution is -2.14. The SMILES string of the molecule is CCOc1cc(/C=C(\C#N)C(=O)Nc2ccccc2CC)cc(Br)c1OC. The first kappa shape index (κ1) is 20.5. The maximum Gasteiger partial charge on any atom is 0.266 e. The van der Waals surface area contributed by atoms with Gasteiger partial charge < -0.3 is 14.8 Å². The van der Waals surface area contributed by atoms with Crippen LogP contribution in [0.25, 0.3) is 6.08 Å². The summed E-state index contributed by atoms with van der Waals surface area (Å²) in [5.41, 5.74) is 2.37. The van der Waals surface area contributed by atoms with Gasteiger partial charge in [0.15, 0.2) is 11.5 Å². The van der Waals surface area contributed by atoms with Crippen LogP contribution in [-0.2, 0) is 11.2 Å². The second-order valence-corrected chi connectivity index (χ2v) is 6.46. The maximum atomic E-state index is 12.6. The van der Waals surface area contributed by atoms with Gasteiger partial charge >= 0.3 is 0 Å². The van der Waals surface area contributed by atoms with E-state index in [1.807, 2.05) is 44.2 Å². The summed E-state index contributed by atoms with van der Waals surface area (Å²) in [6, 6.07) is 13.0. The summed E-state index contributed by atoms with van der Waals surface area (Å²) in [4.78, 5) is 12.6. The van der Waals surface area contributed by atoms with Crippen molar-refractivity contribution < 1.29 is 14.3 Å². The number of rotatable bonds is 7. The second-order valence-electron chi connectivity index (χ2n) is 5.60. The third kappa shape index (κ3) is 5.11. The smallest absolute Gasteiger partial charge is 0.266 e. The van der Waals surface area contributed by atoms with Gasteiger partial charge in [0.1, 0.15) is 11.6 Å². The molecule has 0 aliphatic rings. The molecular weight excluding hydrogens is 408 g/mol.